The molecule has 0 saturated heterocycles. The molecule has 3 aromatic carbocycles. The fourth-order valence-electron chi connectivity index (χ4n) is 3.17. The predicted octanol–water partition coefficient (Wildman–Crippen LogP) is 5.97. The van der Waals surface area contributed by atoms with Crippen LogP contribution in [-0.4, -0.2) is 5.71 Å². The van der Waals surface area contributed by atoms with E-state index < -0.39 is 0 Å². The van der Waals surface area contributed by atoms with Crippen LogP contribution in [0.5, 0.6) is 0 Å². The van der Waals surface area contributed by atoms with Crippen LogP contribution in [0.1, 0.15) is 23.6 Å². The number of halogens is 3. The quantitative estimate of drug-likeness (QED) is 0.555. The summed E-state index contributed by atoms with van der Waals surface area (Å²) < 4.78 is 27.7. The highest BCUT2D eigenvalue weighted by Gasteiger charge is 2.31. The Kier molecular flexibility index (Phi) is 4.43. The van der Waals surface area contributed by atoms with Gasteiger partial charge in [0.1, 0.15) is 11.6 Å². The van der Waals surface area contributed by atoms with Crippen molar-refractivity contribution in [1.29, 1.82) is 0 Å². The van der Waals surface area contributed by atoms with Crippen molar-refractivity contribution in [3.8, 4) is 0 Å². The van der Waals surface area contributed by atoms with E-state index in [0.29, 0.717) is 17.0 Å². The molecule has 130 valence electrons. The minimum Gasteiger partial charge on any atom is -0.257 e. The summed E-state index contributed by atoms with van der Waals surface area (Å²) in [5, 5.41) is 7.06. The van der Waals surface area contributed by atoms with Crippen molar-refractivity contribution < 1.29 is 8.78 Å². The van der Waals surface area contributed by atoms with E-state index >= 15 is 0 Å². The lowest BCUT2D eigenvalue weighted by Crippen LogP contribution is -2.19. The first-order valence-electron chi connectivity index (χ1n) is 8.24. The average Bonchev–Trinajstić information content (AvgIpc) is 3.08. The summed E-state index contributed by atoms with van der Waals surface area (Å²) in [6.07, 6.45) is 0.513. The SMILES string of the molecule is Fc1ccc(C2=NN(c3cccc(Cl)c3)[C@@H](c3ccccc3F)C2)cc1. The lowest BCUT2D eigenvalue weighted by Gasteiger charge is -2.24. The minimum atomic E-state index is -0.301. The molecule has 0 aliphatic carbocycles. The van der Waals surface area contributed by atoms with Crippen LogP contribution in [0.15, 0.2) is 77.9 Å². The summed E-state index contributed by atoms with van der Waals surface area (Å²) >= 11 is 6.13. The molecule has 0 radical (unpaired) electrons. The highest BCUT2D eigenvalue weighted by atomic mass is 35.5. The van der Waals surface area contributed by atoms with Gasteiger partial charge >= 0.3 is 0 Å². The molecule has 0 unspecified atom stereocenters. The van der Waals surface area contributed by atoms with Gasteiger partial charge in [-0.2, -0.15) is 5.10 Å². The third kappa shape index (κ3) is 3.20. The van der Waals surface area contributed by atoms with Gasteiger partial charge in [-0.25, -0.2) is 8.78 Å². The summed E-state index contributed by atoms with van der Waals surface area (Å²) in [7, 11) is 0. The molecular formula is C21H15ClF2N2. The molecule has 1 heterocycles. The Labute approximate surface area is 155 Å². The number of hydrogen-bond donors (Lipinski definition) is 0. The van der Waals surface area contributed by atoms with E-state index in [2.05, 4.69) is 0 Å². The zero-order valence-electron chi connectivity index (χ0n) is 13.7. The summed E-state index contributed by atoms with van der Waals surface area (Å²) in [5.41, 5.74) is 2.94. The molecular weight excluding hydrogens is 354 g/mol. The molecule has 0 fully saturated rings. The molecule has 1 atom stereocenters. The Balaban J connectivity index is 1.78. The molecule has 0 saturated carbocycles. The highest BCUT2D eigenvalue weighted by Crippen LogP contribution is 2.38. The van der Waals surface area contributed by atoms with Gasteiger partial charge in [0.2, 0.25) is 0 Å². The number of hydrazone groups is 1. The smallest absolute Gasteiger partial charge is 0.128 e. The van der Waals surface area contributed by atoms with Crippen molar-refractivity contribution in [2.75, 3.05) is 5.01 Å². The van der Waals surface area contributed by atoms with Gasteiger partial charge in [-0.1, -0.05) is 48.0 Å². The first-order valence-corrected chi connectivity index (χ1v) is 8.62. The molecule has 1 aliphatic rings. The highest BCUT2D eigenvalue weighted by molar-refractivity contribution is 6.30. The predicted molar refractivity (Wildman–Crippen MR) is 101 cm³/mol. The van der Waals surface area contributed by atoms with Gasteiger partial charge in [0.15, 0.2) is 0 Å². The molecule has 4 rings (SSSR count). The molecule has 0 spiro atoms. The molecule has 26 heavy (non-hydrogen) atoms. The first kappa shape index (κ1) is 16.7. The van der Waals surface area contributed by atoms with Gasteiger partial charge in [0.05, 0.1) is 17.4 Å². The third-order valence-corrected chi connectivity index (χ3v) is 4.66. The van der Waals surface area contributed by atoms with Gasteiger partial charge < -0.3 is 0 Å². The summed E-state index contributed by atoms with van der Waals surface area (Å²) in [4.78, 5) is 0. The maximum Gasteiger partial charge on any atom is 0.128 e. The second-order valence-electron chi connectivity index (χ2n) is 6.12. The van der Waals surface area contributed by atoms with Gasteiger partial charge in [-0.05, 0) is 42.0 Å². The van der Waals surface area contributed by atoms with E-state index in [0.717, 1.165) is 17.0 Å². The number of hydrogen-bond acceptors (Lipinski definition) is 2. The van der Waals surface area contributed by atoms with E-state index in [9.17, 15) is 8.78 Å². The molecule has 2 nitrogen and oxygen atoms in total. The summed E-state index contributed by atoms with van der Waals surface area (Å²) in [6.45, 7) is 0. The monoisotopic (exact) mass is 368 g/mol. The Morgan fingerprint density at radius 2 is 1.69 bits per heavy atom. The average molecular weight is 369 g/mol. The Bertz CT molecular complexity index is 970. The lowest BCUT2D eigenvalue weighted by atomic mass is 9.98. The van der Waals surface area contributed by atoms with Crippen LogP contribution < -0.4 is 5.01 Å². The summed E-state index contributed by atoms with van der Waals surface area (Å²) in [6, 6.07) is 19.9. The number of anilines is 1. The van der Waals surface area contributed by atoms with E-state index in [4.69, 9.17) is 16.7 Å². The first-order chi connectivity index (χ1) is 12.6. The van der Waals surface area contributed by atoms with Crippen LogP contribution in [0.3, 0.4) is 0 Å². The van der Waals surface area contributed by atoms with Crippen LogP contribution in [0.4, 0.5) is 14.5 Å². The maximum atomic E-state index is 14.4. The molecule has 3 aromatic rings. The van der Waals surface area contributed by atoms with Crippen molar-refractivity contribution in [2.24, 2.45) is 5.10 Å². The number of benzene rings is 3. The fourth-order valence-corrected chi connectivity index (χ4v) is 3.36. The van der Waals surface area contributed by atoms with Crippen LogP contribution in [0, 0.1) is 11.6 Å². The van der Waals surface area contributed by atoms with Crippen LogP contribution >= 0.6 is 11.6 Å². The minimum absolute atomic E-state index is 0.278. The largest absolute Gasteiger partial charge is 0.257 e. The lowest BCUT2D eigenvalue weighted by molar-refractivity contribution is 0.579. The van der Waals surface area contributed by atoms with E-state index in [-0.39, 0.29) is 17.7 Å². The molecule has 5 heteroatoms. The van der Waals surface area contributed by atoms with Crippen molar-refractivity contribution in [2.45, 2.75) is 12.5 Å². The maximum absolute atomic E-state index is 14.4. The van der Waals surface area contributed by atoms with Gasteiger partial charge in [-0.3, -0.25) is 5.01 Å². The molecule has 0 N–H and O–H groups in total. The topological polar surface area (TPSA) is 15.6 Å². The second-order valence-corrected chi connectivity index (χ2v) is 6.56. The number of rotatable bonds is 3. The Morgan fingerprint density at radius 3 is 2.42 bits per heavy atom. The molecule has 1 aliphatic heterocycles. The van der Waals surface area contributed by atoms with Crippen molar-refractivity contribution in [1.82, 2.24) is 0 Å². The Morgan fingerprint density at radius 1 is 0.923 bits per heavy atom. The van der Waals surface area contributed by atoms with Crippen LogP contribution in [-0.2, 0) is 0 Å². The Hall–Kier alpha value is -2.72. The zero-order chi connectivity index (χ0) is 18.1. The van der Waals surface area contributed by atoms with Gasteiger partial charge in [-0.15, -0.1) is 0 Å². The molecule has 0 bridgehead atoms. The number of nitrogens with zero attached hydrogens (tertiary/aromatic N) is 2. The molecule has 0 aromatic heterocycles. The van der Waals surface area contributed by atoms with Crippen molar-refractivity contribution in [3.63, 3.8) is 0 Å². The van der Waals surface area contributed by atoms with E-state index in [1.807, 2.05) is 18.2 Å². The van der Waals surface area contributed by atoms with Crippen LogP contribution in [0.25, 0.3) is 0 Å². The van der Waals surface area contributed by atoms with Crippen LogP contribution in [0.2, 0.25) is 5.02 Å². The third-order valence-electron chi connectivity index (χ3n) is 4.42. The van der Waals surface area contributed by atoms with Crippen molar-refractivity contribution >= 4 is 23.0 Å². The zero-order valence-corrected chi connectivity index (χ0v) is 14.5. The normalized spacial score (nSPS) is 16.7. The molecule has 0 amide bonds. The van der Waals surface area contributed by atoms with Gasteiger partial charge in [0, 0.05) is 17.0 Å². The summed E-state index contributed by atoms with van der Waals surface area (Å²) in [5.74, 6) is -0.579. The second kappa shape index (κ2) is 6.89. The van der Waals surface area contributed by atoms with Gasteiger partial charge in [0.25, 0.3) is 0 Å². The van der Waals surface area contributed by atoms with E-state index in [1.54, 1.807) is 41.4 Å². The van der Waals surface area contributed by atoms with Crippen molar-refractivity contribution in [3.05, 3.63) is 101 Å². The fraction of sp³-hybridized carbons (Fsp3) is 0.0952. The standard InChI is InChI=1S/C21H15ClF2N2/c22-15-4-3-5-17(12-15)26-21(18-6-1-2-7-19(18)24)13-20(25-26)14-8-10-16(23)11-9-14/h1-12,21H,13H2/t21-/m1/s1. The van der Waals surface area contributed by atoms with E-state index in [1.165, 1.54) is 18.2 Å².